The van der Waals surface area contributed by atoms with Crippen LogP contribution in [0.25, 0.3) is 0 Å². The normalized spacial score (nSPS) is 12.4. The zero-order valence-corrected chi connectivity index (χ0v) is 11.0. The number of benzene rings is 1. The van der Waals surface area contributed by atoms with E-state index in [0.29, 0.717) is 13.1 Å². The summed E-state index contributed by atoms with van der Waals surface area (Å²) in [6, 6.07) is 5.86. The molecule has 0 fully saturated rings. The van der Waals surface area contributed by atoms with Gasteiger partial charge in [0.1, 0.15) is 0 Å². The summed E-state index contributed by atoms with van der Waals surface area (Å²) in [5.41, 5.74) is 8.66. The molecule has 0 bridgehead atoms. The molecule has 6 heteroatoms. The van der Waals surface area contributed by atoms with Crippen LogP contribution in [0.2, 0.25) is 0 Å². The monoisotopic (exact) mass is 257 g/mol. The smallest absolute Gasteiger partial charge is 0.231 e. The largest absolute Gasteiger partial charge is 0.399 e. The van der Waals surface area contributed by atoms with E-state index in [-0.39, 0.29) is 0 Å². The molecule has 1 unspecified atom stereocenters. The summed E-state index contributed by atoms with van der Waals surface area (Å²) in [5.74, 6) is 0. The van der Waals surface area contributed by atoms with E-state index in [2.05, 4.69) is 9.62 Å². The number of aryl methyl sites for hydroxylation is 1. The molecule has 1 atom stereocenters. The van der Waals surface area contributed by atoms with E-state index in [1.165, 1.54) is 0 Å². The zero-order valence-electron chi connectivity index (χ0n) is 10.1. The highest BCUT2D eigenvalue weighted by molar-refractivity contribution is 7.77. The van der Waals surface area contributed by atoms with Crippen LogP contribution in [0.15, 0.2) is 18.2 Å². The van der Waals surface area contributed by atoms with Crippen LogP contribution < -0.4 is 15.4 Å². The van der Waals surface area contributed by atoms with Gasteiger partial charge >= 0.3 is 0 Å². The van der Waals surface area contributed by atoms with Crippen LogP contribution in [0, 0.1) is 6.92 Å². The highest BCUT2D eigenvalue weighted by Gasteiger charge is 2.05. The maximum absolute atomic E-state index is 10.5. The van der Waals surface area contributed by atoms with Crippen molar-refractivity contribution in [2.45, 2.75) is 13.8 Å². The summed E-state index contributed by atoms with van der Waals surface area (Å²) in [6.07, 6.45) is 0. The second-order valence-corrected chi connectivity index (χ2v) is 4.55. The van der Waals surface area contributed by atoms with Gasteiger partial charge in [0, 0.05) is 31.0 Å². The third-order valence-corrected chi connectivity index (χ3v) is 3.06. The van der Waals surface area contributed by atoms with Gasteiger partial charge in [-0.3, -0.25) is 4.55 Å². The fraction of sp³-hybridized carbons (Fsp3) is 0.455. The first-order chi connectivity index (χ1) is 8.04. The molecule has 0 saturated heterocycles. The molecule has 0 amide bonds. The Kier molecular flexibility index (Phi) is 5.40. The molecule has 0 saturated carbocycles. The number of nitrogens with one attached hydrogen (secondary N) is 1. The third kappa shape index (κ3) is 4.33. The van der Waals surface area contributed by atoms with Crippen LogP contribution >= 0.6 is 0 Å². The molecule has 1 aromatic carbocycles. The first kappa shape index (κ1) is 14.0. The predicted octanol–water partition coefficient (Wildman–Crippen LogP) is 1.13. The van der Waals surface area contributed by atoms with Crippen LogP contribution in [-0.4, -0.2) is 28.4 Å². The minimum atomic E-state index is -1.95. The Morgan fingerprint density at radius 3 is 2.76 bits per heavy atom. The zero-order chi connectivity index (χ0) is 12.8. The van der Waals surface area contributed by atoms with Crippen LogP contribution in [0.3, 0.4) is 0 Å². The van der Waals surface area contributed by atoms with Gasteiger partial charge in [-0.15, -0.1) is 0 Å². The van der Waals surface area contributed by atoms with Crippen molar-refractivity contribution < 1.29 is 8.76 Å². The van der Waals surface area contributed by atoms with E-state index in [9.17, 15) is 4.21 Å². The Balaban J connectivity index is 2.65. The number of nitrogen functional groups attached to an aromatic ring is 1. The summed E-state index contributed by atoms with van der Waals surface area (Å²) in [6.45, 7) is 5.98. The fourth-order valence-electron chi connectivity index (χ4n) is 1.59. The molecule has 0 aromatic heterocycles. The van der Waals surface area contributed by atoms with E-state index in [1.54, 1.807) is 0 Å². The second kappa shape index (κ2) is 6.58. The molecule has 4 N–H and O–H groups in total. The molecule has 0 aliphatic heterocycles. The topological polar surface area (TPSA) is 78.6 Å². The molecular weight excluding hydrogens is 238 g/mol. The number of nitrogens with zero attached hydrogens (tertiary/aromatic N) is 1. The lowest BCUT2D eigenvalue weighted by atomic mass is 10.1. The molecule has 0 aliphatic rings. The van der Waals surface area contributed by atoms with E-state index < -0.39 is 11.3 Å². The van der Waals surface area contributed by atoms with Crippen LogP contribution in [0.5, 0.6) is 0 Å². The number of likely N-dealkylation sites (N-methyl/N-ethyl adjacent to an activating group) is 1. The minimum Gasteiger partial charge on any atom is -0.399 e. The molecule has 0 aliphatic carbocycles. The number of hydrogen-bond acceptors (Lipinski definition) is 3. The molecule has 1 aromatic rings. The Bertz CT molecular complexity index is 398. The van der Waals surface area contributed by atoms with Crippen molar-refractivity contribution in [3.8, 4) is 0 Å². The van der Waals surface area contributed by atoms with E-state index in [1.807, 2.05) is 32.0 Å². The summed E-state index contributed by atoms with van der Waals surface area (Å²) < 4.78 is 21.6. The number of hydrogen-bond donors (Lipinski definition) is 3. The van der Waals surface area contributed by atoms with E-state index in [4.69, 9.17) is 10.3 Å². The SMILES string of the molecule is CCN(CCNS(=O)O)c1ccc(N)c(C)c1. The van der Waals surface area contributed by atoms with E-state index in [0.717, 1.165) is 23.5 Å². The van der Waals surface area contributed by atoms with Crippen molar-refractivity contribution in [1.29, 1.82) is 0 Å². The predicted molar refractivity (Wildman–Crippen MR) is 72.3 cm³/mol. The summed E-state index contributed by atoms with van der Waals surface area (Å²) in [5, 5.41) is 0. The van der Waals surface area contributed by atoms with Crippen molar-refractivity contribution in [3.63, 3.8) is 0 Å². The summed E-state index contributed by atoms with van der Waals surface area (Å²) in [7, 11) is 0. The van der Waals surface area contributed by atoms with Gasteiger partial charge in [0.25, 0.3) is 0 Å². The van der Waals surface area contributed by atoms with Crippen molar-refractivity contribution >= 4 is 22.6 Å². The van der Waals surface area contributed by atoms with Crippen molar-refractivity contribution in [2.24, 2.45) is 0 Å². The average molecular weight is 257 g/mol. The van der Waals surface area contributed by atoms with Crippen LogP contribution in [-0.2, 0) is 11.3 Å². The molecule has 1 rings (SSSR count). The lowest BCUT2D eigenvalue weighted by Crippen LogP contribution is -2.32. The first-order valence-corrected chi connectivity index (χ1v) is 6.60. The fourth-order valence-corrected chi connectivity index (χ4v) is 1.86. The molecule has 17 heavy (non-hydrogen) atoms. The Morgan fingerprint density at radius 2 is 2.24 bits per heavy atom. The quantitative estimate of drug-likeness (QED) is 0.527. The number of anilines is 2. The maximum atomic E-state index is 10.5. The number of nitrogens with two attached hydrogens (primary N) is 1. The Morgan fingerprint density at radius 1 is 1.53 bits per heavy atom. The lowest BCUT2D eigenvalue weighted by Gasteiger charge is -2.23. The van der Waals surface area contributed by atoms with E-state index >= 15 is 0 Å². The Labute approximate surface area is 104 Å². The van der Waals surface area contributed by atoms with Crippen LogP contribution in [0.4, 0.5) is 11.4 Å². The van der Waals surface area contributed by atoms with Gasteiger partial charge in [-0.25, -0.2) is 8.93 Å². The van der Waals surface area contributed by atoms with Gasteiger partial charge in [0.15, 0.2) is 0 Å². The second-order valence-electron chi connectivity index (χ2n) is 3.76. The standard InChI is InChI=1S/C11H19N3O2S/c1-3-14(7-6-13-17(15)16)10-4-5-11(12)9(2)8-10/h4-5,8,13H,3,6-7,12H2,1-2H3,(H,15,16). The molecule has 0 heterocycles. The molecule has 0 radical (unpaired) electrons. The van der Waals surface area contributed by atoms with Gasteiger partial charge in [0.2, 0.25) is 11.3 Å². The summed E-state index contributed by atoms with van der Waals surface area (Å²) in [4.78, 5) is 2.12. The molecule has 0 spiro atoms. The first-order valence-electron chi connectivity index (χ1n) is 5.50. The number of rotatable bonds is 6. The van der Waals surface area contributed by atoms with Gasteiger partial charge in [-0.2, -0.15) is 0 Å². The molecule has 5 nitrogen and oxygen atoms in total. The summed E-state index contributed by atoms with van der Waals surface area (Å²) >= 11 is -1.95. The van der Waals surface area contributed by atoms with Gasteiger partial charge in [0.05, 0.1) is 0 Å². The third-order valence-electron chi connectivity index (χ3n) is 2.61. The highest BCUT2D eigenvalue weighted by Crippen LogP contribution is 2.20. The van der Waals surface area contributed by atoms with Gasteiger partial charge < -0.3 is 10.6 Å². The van der Waals surface area contributed by atoms with Crippen LogP contribution in [0.1, 0.15) is 12.5 Å². The minimum absolute atomic E-state index is 0.459. The maximum Gasteiger partial charge on any atom is 0.231 e. The van der Waals surface area contributed by atoms with Crippen molar-refractivity contribution in [2.75, 3.05) is 30.3 Å². The van der Waals surface area contributed by atoms with Crippen molar-refractivity contribution in [1.82, 2.24) is 4.72 Å². The molecule has 96 valence electrons. The van der Waals surface area contributed by atoms with Gasteiger partial charge in [-0.05, 0) is 37.6 Å². The van der Waals surface area contributed by atoms with Crippen molar-refractivity contribution in [3.05, 3.63) is 23.8 Å². The lowest BCUT2D eigenvalue weighted by molar-refractivity contribution is 0.548. The average Bonchev–Trinajstić information content (AvgIpc) is 2.28. The molecular formula is C11H19N3O2S. The Hall–Kier alpha value is -1.11. The highest BCUT2D eigenvalue weighted by atomic mass is 32.2. The van der Waals surface area contributed by atoms with Gasteiger partial charge in [-0.1, -0.05) is 0 Å².